The lowest BCUT2D eigenvalue weighted by atomic mass is 10.1. The van der Waals surface area contributed by atoms with E-state index in [-0.39, 0.29) is 23.1 Å². The zero-order valence-corrected chi connectivity index (χ0v) is 19.5. The van der Waals surface area contributed by atoms with Crippen molar-refractivity contribution in [3.63, 3.8) is 0 Å². The lowest BCUT2D eigenvalue weighted by Gasteiger charge is -2.29. The van der Waals surface area contributed by atoms with Gasteiger partial charge in [0.2, 0.25) is 5.76 Å². The molecule has 0 atom stereocenters. The summed E-state index contributed by atoms with van der Waals surface area (Å²) in [6.45, 7) is 1.91. The maximum Gasteiger partial charge on any atom is 0.371 e. The van der Waals surface area contributed by atoms with Gasteiger partial charge in [-0.25, -0.2) is 4.79 Å². The third-order valence-electron chi connectivity index (χ3n) is 5.13. The molecule has 9 nitrogen and oxygen atoms in total. The van der Waals surface area contributed by atoms with Crippen LogP contribution < -0.4 is 19.7 Å². The van der Waals surface area contributed by atoms with Crippen LogP contribution >= 0.6 is 12.2 Å². The van der Waals surface area contributed by atoms with E-state index < -0.39 is 17.8 Å². The molecule has 1 aromatic heterocycles. The minimum atomic E-state index is -1.17. The first kappa shape index (κ1) is 23.7. The average Bonchev–Trinajstić information content (AvgIpc) is 3.31. The number of hydrogen-bond acceptors (Lipinski definition) is 7. The van der Waals surface area contributed by atoms with Gasteiger partial charge in [0.1, 0.15) is 17.9 Å². The summed E-state index contributed by atoms with van der Waals surface area (Å²) < 4.78 is 16.3. The van der Waals surface area contributed by atoms with Crippen LogP contribution in [0.15, 0.2) is 64.6 Å². The molecular formula is C25H20N2O7S. The number of rotatable bonds is 7. The molecule has 3 aromatic rings. The van der Waals surface area contributed by atoms with Crippen molar-refractivity contribution in [2.75, 3.05) is 12.0 Å². The van der Waals surface area contributed by atoms with Crippen LogP contribution in [0.25, 0.3) is 6.08 Å². The number of hydrogen-bond donors (Lipinski definition) is 2. The van der Waals surface area contributed by atoms with E-state index in [0.717, 1.165) is 5.56 Å². The predicted molar refractivity (Wildman–Crippen MR) is 130 cm³/mol. The lowest BCUT2D eigenvalue weighted by Crippen LogP contribution is -2.54. The van der Waals surface area contributed by atoms with E-state index in [1.807, 2.05) is 19.1 Å². The zero-order valence-electron chi connectivity index (χ0n) is 18.7. The molecule has 1 saturated heterocycles. The van der Waals surface area contributed by atoms with E-state index in [4.69, 9.17) is 31.2 Å². The van der Waals surface area contributed by atoms with E-state index in [1.54, 1.807) is 30.3 Å². The Kier molecular flexibility index (Phi) is 6.65. The number of thiocarbonyl (C=S) groups is 1. The summed E-state index contributed by atoms with van der Waals surface area (Å²) in [6.07, 6.45) is 1.44. The molecule has 10 heteroatoms. The summed E-state index contributed by atoms with van der Waals surface area (Å²) in [7, 11) is 1.45. The molecule has 2 aromatic carbocycles. The van der Waals surface area contributed by atoms with Gasteiger partial charge in [-0.3, -0.25) is 19.8 Å². The molecule has 2 amide bonds. The van der Waals surface area contributed by atoms with Crippen molar-refractivity contribution in [1.29, 1.82) is 0 Å². The van der Waals surface area contributed by atoms with Gasteiger partial charge in [0.05, 0.1) is 12.8 Å². The fourth-order valence-corrected chi connectivity index (χ4v) is 3.65. The molecule has 35 heavy (non-hydrogen) atoms. The second-order valence-corrected chi connectivity index (χ2v) is 7.95. The Morgan fingerprint density at radius 1 is 1.11 bits per heavy atom. The zero-order chi connectivity index (χ0) is 25.1. The highest BCUT2D eigenvalue weighted by Crippen LogP contribution is 2.31. The van der Waals surface area contributed by atoms with Gasteiger partial charge >= 0.3 is 5.97 Å². The molecule has 4 rings (SSSR count). The highest BCUT2D eigenvalue weighted by Gasteiger charge is 2.34. The van der Waals surface area contributed by atoms with Crippen molar-refractivity contribution in [3.05, 3.63) is 82.8 Å². The van der Waals surface area contributed by atoms with Gasteiger partial charge in [-0.2, -0.15) is 0 Å². The van der Waals surface area contributed by atoms with Crippen LogP contribution in [0.4, 0.5) is 5.69 Å². The van der Waals surface area contributed by atoms with Gasteiger partial charge in [-0.15, -0.1) is 0 Å². The van der Waals surface area contributed by atoms with Crippen molar-refractivity contribution in [1.82, 2.24) is 5.32 Å². The summed E-state index contributed by atoms with van der Waals surface area (Å²) in [6, 6.07) is 14.9. The van der Waals surface area contributed by atoms with Crippen molar-refractivity contribution in [3.8, 4) is 11.5 Å². The SMILES string of the molecule is COc1cc(C=C2C(=O)NC(=S)N(c3ccc(C)cc3)C2=O)ccc1OCc1ccc(C(=O)O)o1. The smallest absolute Gasteiger partial charge is 0.371 e. The number of carboxylic acids is 1. The largest absolute Gasteiger partial charge is 0.493 e. The second-order valence-electron chi connectivity index (χ2n) is 7.56. The summed E-state index contributed by atoms with van der Waals surface area (Å²) in [5, 5.41) is 11.5. The number of methoxy groups -OCH3 is 1. The molecule has 0 spiro atoms. The van der Waals surface area contributed by atoms with Gasteiger partial charge in [0.15, 0.2) is 16.6 Å². The van der Waals surface area contributed by atoms with Crippen LogP contribution in [0.5, 0.6) is 11.5 Å². The van der Waals surface area contributed by atoms with Gasteiger partial charge in [-0.1, -0.05) is 23.8 Å². The number of nitrogens with zero attached hydrogens (tertiary/aromatic N) is 1. The maximum absolute atomic E-state index is 13.2. The van der Waals surface area contributed by atoms with Crippen LogP contribution in [0.3, 0.4) is 0 Å². The Labute approximate surface area is 205 Å². The van der Waals surface area contributed by atoms with Crippen molar-refractivity contribution < 1.29 is 33.4 Å². The van der Waals surface area contributed by atoms with Crippen LogP contribution in [-0.4, -0.2) is 35.1 Å². The summed E-state index contributed by atoms with van der Waals surface area (Å²) in [4.78, 5) is 37.9. The Balaban J connectivity index is 1.57. The predicted octanol–water partition coefficient (Wildman–Crippen LogP) is 3.71. The molecule has 0 saturated carbocycles. The summed E-state index contributed by atoms with van der Waals surface area (Å²) in [5.41, 5.74) is 2.00. The second kappa shape index (κ2) is 9.82. The van der Waals surface area contributed by atoms with E-state index in [0.29, 0.717) is 28.5 Å². The standard InChI is InChI=1S/C25H20N2O7S/c1-14-3-6-16(7-4-14)27-23(29)18(22(28)26-25(27)35)11-15-5-9-19(21(12-15)32-2)33-13-17-8-10-20(34-17)24(30)31/h3-12H,13H2,1-2H3,(H,30,31)(H,26,28,35). The molecule has 1 aliphatic heterocycles. The van der Waals surface area contributed by atoms with Gasteiger partial charge < -0.3 is 19.0 Å². The third kappa shape index (κ3) is 5.07. The molecule has 1 aliphatic rings. The first-order chi connectivity index (χ1) is 16.8. The van der Waals surface area contributed by atoms with Crippen molar-refractivity contribution in [2.45, 2.75) is 13.5 Å². The number of benzene rings is 2. The van der Waals surface area contributed by atoms with E-state index in [2.05, 4.69) is 5.32 Å². The van der Waals surface area contributed by atoms with Crippen LogP contribution in [0.1, 0.15) is 27.4 Å². The Morgan fingerprint density at radius 2 is 1.86 bits per heavy atom. The third-order valence-corrected chi connectivity index (χ3v) is 5.42. The number of aryl methyl sites for hydroxylation is 1. The molecular weight excluding hydrogens is 472 g/mol. The van der Waals surface area contributed by atoms with E-state index >= 15 is 0 Å². The molecule has 0 unspecified atom stereocenters. The number of aromatic carboxylic acids is 1. The highest BCUT2D eigenvalue weighted by atomic mass is 32.1. The van der Waals surface area contributed by atoms with Gasteiger partial charge in [0.25, 0.3) is 11.8 Å². The number of anilines is 1. The van der Waals surface area contributed by atoms with Gasteiger partial charge in [-0.05, 0) is 67.2 Å². The molecule has 0 radical (unpaired) electrons. The van der Waals surface area contributed by atoms with Crippen LogP contribution in [0, 0.1) is 6.92 Å². The maximum atomic E-state index is 13.2. The molecule has 2 heterocycles. The molecule has 0 aliphatic carbocycles. The van der Waals surface area contributed by atoms with Crippen molar-refractivity contribution >= 4 is 46.9 Å². The molecule has 178 valence electrons. The Morgan fingerprint density at radius 3 is 2.51 bits per heavy atom. The number of carboxylic acid groups (broad SMARTS) is 1. The number of furan rings is 1. The normalized spacial score (nSPS) is 14.7. The molecule has 2 N–H and O–H groups in total. The topological polar surface area (TPSA) is 118 Å². The van der Waals surface area contributed by atoms with Crippen molar-refractivity contribution in [2.24, 2.45) is 0 Å². The lowest BCUT2D eigenvalue weighted by molar-refractivity contribution is -0.122. The van der Waals surface area contributed by atoms with Crippen LogP contribution in [0.2, 0.25) is 0 Å². The Hall–Kier alpha value is -4.44. The van der Waals surface area contributed by atoms with E-state index in [1.165, 1.54) is 30.2 Å². The number of ether oxygens (including phenoxy) is 2. The minimum Gasteiger partial charge on any atom is -0.493 e. The quantitative estimate of drug-likeness (QED) is 0.291. The highest BCUT2D eigenvalue weighted by molar-refractivity contribution is 7.80. The van der Waals surface area contributed by atoms with Gasteiger partial charge in [0, 0.05) is 0 Å². The monoisotopic (exact) mass is 492 g/mol. The first-order valence-electron chi connectivity index (χ1n) is 10.4. The molecule has 1 fully saturated rings. The molecule has 0 bridgehead atoms. The fraction of sp³-hybridized carbons (Fsp3) is 0.120. The first-order valence-corrected chi connectivity index (χ1v) is 10.8. The number of carbonyl (C=O) groups is 3. The van der Waals surface area contributed by atoms with E-state index in [9.17, 15) is 14.4 Å². The van der Waals surface area contributed by atoms with Crippen LogP contribution in [-0.2, 0) is 16.2 Å². The number of nitrogens with one attached hydrogen (secondary N) is 1. The Bertz CT molecular complexity index is 1360. The summed E-state index contributed by atoms with van der Waals surface area (Å²) >= 11 is 5.22. The fourth-order valence-electron chi connectivity index (χ4n) is 3.36. The minimum absolute atomic E-state index is 0.00585. The summed E-state index contributed by atoms with van der Waals surface area (Å²) in [5.74, 6) is -1.47. The number of carbonyl (C=O) groups excluding carboxylic acids is 2. The average molecular weight is 493 g/mol. The number of amides is 2.